The molecule has 2 rings (SSSR count). The van der Waals surface area contributed by atoms with E-state index in [-0.39, 0.29) is 0 Å². The van der Waals surface area contributed by atoms with Crippen molar-refractivity contribution in [2.75, 3.05) is 18.6 Å². The van der Waals surface area contributed by atoms with Gasteiger partial charge in [-0.25, -0.2) is 0 Å². The van der Waals surface area contributed by atoms with Crippen LogP contribution in [0.3, 0.4) is 0 Å². The fraction of sp³-hybridized carbons (Fsp3) is 0.647. The van der Waals surface area contributed by atoms with Crippen LogP contribution >= 0.6 is 11.8 Å². The maximum absolute atomic E-state index is 3.53. The van der Waals surface area contributed by atoms with Gasteiger partial charge in [0.2, 0.25) is 0 Å². The van der Waals surface area contributed by atoms with Gasteiger partial charge in [-0.2, -0.15) is 11.8 Å². The summed E-state index contributed by atoms with van der Waals surface area (Å²) in [6.45, 7) is 2.25. The van der Waals surface area contributed by atoms with Gasteiger partial charge in [-0.1, -0.05) is 37.6 Å². The number of hydrogen-bond acceptors (Lipinski definition) is 2. The lowest BCUT2D eigenvalue weighted by Gasteiger charge is -2.26. The molecule has 0 aromatic heterocycles. The first-order valence-electron chi connectivity index (χ1n) is 7.67. The summed E-state index contributed by atoms with van der Waals surface area (Å²) in [6.07, 6.45) is 6.53. The third kappa shape index (κ3) is 4.54. The Morgan fingerprint density at radius 3 is 2.79 bits per heavy atom. The molecule has 1 saturated heterocycles. The fourth-order valence-corrected chi connectivity index (χ4v) is 4.19. The minimum atomic E-state index is 0.532. The lowest BCUT2D eigenvalue weighted by molar-refractivity contribution is 0.384. The molecule has 1 nitrogen and oxygen atoms in total. The quantitative estimate of drug-likeness (QED) is 0.825. The lowest BCUT2D eigenvalue weighted by atomic mass is 9.90. The van der Waals surface area contributed by atoms with Crippen LogP contribution in [0.2, 0.25) is 0 Å². The smallest absolute Gasteiger partial charge is 0.0320 e. The summed E-state index contributed by atoms with van der Waals surface area (Å²) < 4.78 is 0. The van der Waals surface area contributed by atoms with Crippen molar-refractivity contribution in [1.29, 1.82) is 0 Å². The van der Waals surface area contributed by atoms with E-state index in [0.29, 0.717) is 6.04 Å². The van der Waals surface area contributed by atoms with Gasteiger partial charge < -0.3 is 5.32 Å². The highest BCUT2D eigenvalue weighted by atomic mass is 32.2. The molecule has 1 aromatic carbocycles. The summed E-state index contributed by atoms with van der Waals surface area (Å²) in [6, 6.07) is 9.71. The maximum Gasteiger partial charge on any atom is 0.0320 e. The van der Waals surface area contributed by atoms with E-state index in [1.165, 1.54) is 54.7 Å². The Bertz CT molecular complexity index is 371. The summed E-state index contributed by atoms with van der Waals surface area (Å²) >= 11 is 2.12. The zero-order valence-electron chi connectivity index (χ0n) is 12.3. The second-order valence-electron chi connectivity index (χ2n) is 5.63. The molecule has 1 unspecified atom stereocenters. The van der Waals surface area contributed by atoms with Crippen LogP contribution < -0.4 is 5.32 Å². The van der Waals surface area contributed by atoms with Crippen LogP contribution in [0.5, 0.6) is 0 Å². The molecule has 0 saturated carbocycles. The molecule has 1 heterocycles. The molecule has 1 N–H and O–H groups in total. The number of thioether (sulfide) groups is 1. The third-order valence-electron chi connectivity index (χ3n) is 4.15. The van der Waals surface area contributed by atoms with E-state index in [1.807, 2.05) is 0 Å². The minimum Gasteiger partial charge on any atom is -0.313 e. The SMILES string of the molecule is CCCc1cccc(C(CC2CCSCC2)NC)c1. The number of benzene rings is 1. The number of hydrogen-bond donors (Lipinski definition) is 1. The molecule has 1 atom stereocenters. The second kappa shape index (κ2) is 7.96. The molecule has 0 aliphatic carbocycles. The Morgan fingerprint density at radius 2 is 2.11 bits per heavy atom. The van der Waals surface area contributed by atoms with Crippen LogP contribution in [0.1, 0.15) is 49.8 Å². The molecule has 0 bridgehead atoms. The highest BCUT2D eigenvalue weighted by molar-refractivity contribution is 7.99. The van der Waals surface area contributed by atoms with Gasteiger partial charge >= 0.3 is 0 Å². The summed E-state index contributed by atoms with van der Waals surface area (Å²) in [5.74, 6) is 3.63. The first kappa shape index (κ1) is 14.9. The monoisotopic (exact) mass is 277 g/mol. The maximum atomic E-state index is 3.53. The average Bonchev–Trinajstić information content (AvgIpc) is 2.46. The van der Waals surface area contributed by atoms with E-state index in [9.17, 15) is 0 Å². The van der Waals surface area contributed by atoms with E-state index in [0.717, 1.165) is 5.92 Å². The minimum absolute atomic E-state index is 0.532. The zero-order valence-corrected chi connectivity index (χ0v) is 13.1. The van der Waals surface area contributed by atoms with Crippen LogP contribution in [-0.2, 0) is 6.42 Å². The topological polar surface area (TPSA) is 12.0 Å². The van der Waals surface area contributed by atoms with E-state index < -0.39 is 0 Å². The van der Waals surface area contributed by atoms with Gasteiger partial charge in [-0.15, -0.1) is 0 Å². The van der Waals surface area contributed by atoms with Crippen molar-refractivity contribution in [3.8, 4) is 0 Å². The summed E-state index contributed by atoms with van der Waals surface area (Å²) in [4.78, 5) is 0. The van der Waals surface area contributed by atoms with Crippen molar-refractivity contribution >= 4 is 11.8 Å². The molecule has 1 aliphatic rings. The molecular weight excluding hydrogens is 250 g/mol. The molecule has 1 aliphatic heterocycles. The lowest BCUT2D eigenvalue weighted by Crippen LogP contribution is -2.22. The number of aryl methyl sites for hydroxylation is 1. The standard InChI is InChI=1S/C17H27NS/c1-3-5-14-6-4-7-16(12-14)17(18-2)13-15-8-10-19-11-9-15/h4,6-7,12,15,17-18H,3,5,8-11,13H2,1-2H3. The largest absolute Gasteiger partial charge is 0.313 e. The Kier molecular flexibility index (Phi) is 6.25. The molecule has 1 aromatic rings. The summed E-state index contributed by atoms with van der Waals surface area (Å²) in [5, 5.41) is 3.53. The van der Waals surface area contributed by atoms with Crippen LogP contribution in [0.25, 0.3) is 0 Å². The molecule has 0 radical (unpaired) electrons. The van der Waals surface area contributed by atoms with Crippen LogP contribution in [0, 0.1) is 5.92 Å². The second-order valence-corrected chi connectivity index (χ2v) is 6.85. The Labute approximate surface area is 122 Å². The van der Waals surface area contributed by atoms with Gasteiger partial charge in [0.15, 0.2) is 0 Å². The zero-order chi connectivity index (χ0) is 13.5. The predicted octanol–water partition coefficient (Wildman–Crippen LogP) is 4.43. The molecule has 0 spiro atoms. The van der Waals surface area contributed by atoms with Crippen LogP contribution in [-0.4, -0.2) is 18.6 Å². The summed E-state index contributed by atoms with van der Waals surface area (Å²) in [7, 11) is 2.11. The highest BCUT2D eigenvalue weighted by Gasteiger charge is 2.19. The normalized spacial score (nSPS) is 18.4. The number of nitrogens with one attached hydrogen (secondary N) is 1. The van der Waals surface area contributed by atoms with E-state index in [1.54, 1.807) is 0 Å². The van der Waals surface area contributed by atoms with Gasteiger partial charge in [0, 0.05) is 6.04 Å². The van der Waals surface area contributed by atoms with E-state index in [4.69, 9.17) is 0 Å². The van der Waals surface area contributed by atoms with Crippen molar-refractivity contribution in [3.63, 3.8) is 0 Å². The van der Waals surface area contributed by atoms with Crippen LogP contribution in [0.15, 0.2) is 24.3 Å². The molecular formula is C17H27NS. The summed E-state index contributed by atoms with van der Waals surface area (Å²) in [5.41, 5.74) is 2.96. The van der Waals surface area contributed by atoms with Crippen molar-refractivity contribution in [2.24, 2.45) is 5.92 Å². The van der Waals surface area contributed by atoms with Crippen molar-refractivity contribution in [2.45, 2.75) is 45.1 Å². The van der Waals surface area contributed by atoms with E-state index >= 15 is 0 Å². The third-order valence-corrected chi connectivity index (χ3v) is 5.20. The van der Waals surface area contributed by atoms with Crippen molar-refractivity contribution in [3.05, 3.63) is 35.4 Å². The van der Waals surface area contributed by atoms with Gasteiger partial charge in [-0.05, 0) is 61.3 Å². The Morgan fingerprint density at radius 1 is 1.32 bits per heavy atom. The Balaban J connectivity index is 2.01. The number of rotatable bonds is 6. The first-order chi connectivity index (χ1) is 9.33. The fourth-order valence-electron chi connectivity index (χ4n) is 2.99. The Hall–Kier alpha value is -0.470. The molecule has 0 amide bonds. The van der Waals surface area contributed by atoms with Crippen LogP contribution in [0.4, 0.5) is 0 Å². The van der Waals surface area contributed by atoms with Crippen molar-refractivity contribution in [1.82, 2.24) is 5.32 Å². The first-order valence-corrected chi connectivity index (χ1v) is 8.82. The molecule has 106 valence electrons. The van der Waals surface area contributed by atoms with Gasteiger partial charge in [-0.3, -0.25) is 0 Å². The molecule has 2 heteroatoms. The molecule has 19 heavy (non-hydrogen) atoms. The van der Waals surface area contributed by atoms with Gasteiger partial charge in [0.25, 0.3) is 0 Å². The van der Waals surface area contributed by atoms with E-state index in [2.05, 4.69) is 55.3 Å². The highest BCUT2D eigenvalue weighted by Crippen LogP contribution is 2.31. The van der Waals surface area contributed by atoms with Gasteiger partial charge in [0.05, 0.1) is 0 Å². The molecule has 1 fully saturated rings. The predicted molar refractivity (Wildman–Crippen MR) is 86.9 cm³/mol. The average molecular weight is 277 g/mol. The van der Waals surface area contributed by atoms with Gasteiger partial charge in [0.1, 0.15) is 0 Å². The van der Waals surface area contributed by atoms with Crippen molar-refractivity contribution < 1.29 is 0 Å².